The number of carbonyl (C=O) groups excluding carboxylic acids is 2. The number of rotatable bonds is 0. The number of fused-ring (bicyclic) bond motifs is 2. The first-order chi connectivity index (χ1) is 11.8. The highest BCUT2D eigenvalue weighted by Gasteiger charge is 2.56. The lowest BCUT2D eigenvalue weighted by atomic mass is 10.2. The molecule has 0 radical (unpaired) electrons. The Morgan fingerprint density at radius 3 is 2.64 bits per heavy atom. The summed E-state index contributed by atoms with van der Waals surface area (Å²) in [7, 11) is -4.06. The van der Waals surface area contributed by atoms with E-state index in [0.717, 1.165) is 0 Å². The van der Waals surface area contributed by atoms with E-state index in [1.807, 2.05) is 0 Å². The number of hydrogen-bond donors (Lipinski definition) is 4. The third-order valence-corrected chi connectivity index (χ3v) is 5.71. The van der Waals surface area contributed by atoms with Crippen molar-refractivity contribution in [3.8, 4) is 0 Å². The third kappa shape index (κ3) is 3.67. The van der Waals surface area contributed by atoms with Crippen LogP contribution in [0.5, 0.6) is 0 Å². The minimum absolute atomic E-state index is 0.0408. The molecule has 1 aliphatic heterocycles. The number of amides is 2. The summed E-state index contributed by atoms with van der Waals surface area (Å²) in [5.41, 5.74) is 5.10. The number of sulfonamides is 1. The van der Waals surface area contributed by atoms with Crippen LogP contribution in [0.1, 0.15) is 12.8 Å². The summed E-state index contributed by atoms with van der Waals surface area (Å²) < 4.78 is 27.2. The molecule has 1 aliphatic carbocycles. The van der Waals surface area contributed by atoms with Crippen molar-refractivity contribution in [3.05, 3.63) is 36.4 Å². The van der Waals surface area contributed by atoms with E-state index in [4.69, 9.17) is 5.73 Å². The zero-order valence-electron chi connectivity index (χ0n) is 13.5. The van der Waals surface area contributed by atoms with Gasteiger partial charge in [-0.3, -0.25) is 9.59 Å². The number of carbonyl (C=O) groups is 2. The highest BCUT2D eigenvalue weighted by molar-refractivity contribution is 7.90. The molecule has 2 amide bonds. The Kier molecular flexibility index (Phi) is 4.53. The van der Waals surface area contributed by atoms with Crippen molar-refractivity contribution in [1.29, 1.82) is 0 Å². The first kappa shape index (κ1) is 17.4. The van der Waals surface area contributed by atoms with Crippen LogP contribution in [-0.2, 0) is 19.6 Å². The average Bonchev–Trinajstić information content (AvgIpc) is 3.23. The van der Waals surface area contributed by atoms with Crippen LogP contribution in [-0.4, -0.2) is 38.9 Å². The Labute approximate surface area is 145 Å². The fraction of sp³-hybridized carbons (Fsp3) is 0.375. The molecule has 0 bridgehead atoms. The molecule has 134 valence electrons. The van der Waals surface area contributed by atoms with Crippen molar-refractivity contribution in [2.24, 2.45) is 11.7 Å². The van der Waals surface area contributed by atoms with Crippen LogP contribution in [0.2, 0.25) is 0 Å². The molecule has 1 fully saturated rings. The van der Waals surface area contributed by atoms with Gasteiger partial charge in [-0.2, -0.15) is 0 Å². The SMILES string of the molecule is N[C@]12C[C@H]1C=CCC(=O)NCCNc1ccccc1S(=O)(=O)NC2=O. The van der Waals surface area contributed by atoms with Gasteiger partial charge in [-0.25, -0.2) is 13.1 Å². The van der Waals surface area contributed by atoms with Crippen molar-refractivity contribution >= 4 is 27.5 Å². The molecular weight excluding hydrogens is 344 g/mol. The number of benzene rings is 1. The Morgan fingerprint density at radius 2 is 1.84 bits per heavy atom. The Morgan fingerprint density at radius 1 is 1.12 bits per heavy atom. The van der Waals surface area contributed by atoms with Crippen LogP contribution in [0, 0.1) is 5.92 Å². The molecule has 8 nitrogen and oxygen atoms in total. The normalized spacial score (nSPS) is 28.9. The van der Waals surface area contributed by atoms with Crippen LogP contribution in [0.15, 0.2) is 41.3 Å². The maximum Gasteiger partial charge on any atom is 0.266 e. The van der Waals surface area contributed by atoms with Gasteiger partial charge in [-0.1, -0.05) is 24.3 Å². The van der Waals surface area contributed by atoms with Crippen LogP contribution in [0.3, 0.4) is 0 Å². The van der Waals surface area contributed by atoms with Crippen molar-refractivity contribution in [3.63, 3.8) is 0 Å². The first-order valence-electron chi connectivity index (χ1n) is 7.95. The molecule has 1 aromatic carbocycles. The number of para-hydroxylation sites is 1. The zero-order valence-corrected chi connectivity index (χ0v) is 14.3. The molecule has 1 heterocycles. The first-order valence-corrected chi connectivity index (χ1v) is 9.44. The Bertz CT molecular complexity index is 836. The topological polar surface area (TPSA) is 130 Å². The smallest absolute Gasteiger partial charge is 0.266 e. The minimum atomic E-state index is -4.06. The Balaban J connectivity index is 1.91. The van der Waals surface area contributed by atoms with Crippen molar-refractivity contribution < 1.29 is 18.0 Å². The lowest BCUT2D eigenvalue weighted by molar-refractivity contribution is -0.122. The Hall–Kier alpha value is -2.39. The summed E-state index contributed by atoms with van der Waals surface area (Å²) in [6.07, 6.45) is 3.87. The monoisotopic (exact) mass is 364 g/mol. The second-order valence-electron chi connectivity index (χ2n) is 6.19. The van der Waals surface area contributed by atoms with E-state index in [1.165, 1.54) is 6.07 Å². The molecule has 2 atom stereocenters. The van der Waals surface area contributed by atoms with Crippen LogP contribution >= 0.6 is 0 Å². The highest BCUT2D eigenvalue weighted by Crippen LogP contribution is 2.42. The quantitative estimate of drug-likeness (QED) is 0.468. The van der Waals surface area contributed by atoms with E-state index in [-0.39, 0.29) is 23.1 Å². The van der Waals surface area contributed by atoms with E-state index in [2.05, 4.69) is 15.4 Å². The zero-order chi connectivity index (χ0) is 18.1. The van der Waals surface area contributed by atoms with Crippen molar-refractivity contribution in [2.75, 3.05) is 18.4 Å². The molecular formula is C16H20N4O4S. The molecule has 0 saturated heterocycles. The molecule has 25 heavy (non-hydrogen) atoms. The minimum Gasteiger partial charge on any atom is -0.382 e. The van der Waals surface area contributed by atoms with Gasteiger partial charge in [0.15, 0.2) is 0 Å². The fourth-order valence-corrected chi connectivity index (χ4v) is 3.97. The summed E-state index contributed by atoms with van der Waals surface area (Å²) in [6, 6.07) is 6.25. The lowest BCUT2D eigenvalue weighted by Crippen LogP contribution is -2.46. The van der Waals surface area contributed by atoms with Crippen molar-refractivity contribution in [2.45, 2.75) is 23.3 Å². The fourth-order valence-electron chi connectivity index (χ4n) is 2.74. The van der Waals surface area contributed by atoms with Crippen molar-refractivity contribution in [1.82, 2.24) is 10.0 Å². The predicted molar refractivity (Wildman–Crippen MR) is 92.1 cm³/mol. The second-order valence-corrected chi connectivity index (χ2v) is 7.84. The third-order valence-electron chi connectivity index (χ3n) is 4.32. The summed E-state index contributed by atoms with van der Waals surface area (Å²) in [5.74, 6) is -1.17. The van der Waals surface area contributed by atoms with E-state index >= 15 is 0 Å². The van der Waals surface area contributed by atoms with Gasteiger partial charge >= 0.3 is 0 Å². The molecule has 3 rings (SSSR count). The van der Waals surface area contributed by atoms with E-state index in [9.17, 15) is 18.0 Å². The summed E-state index contributed by atoms with van der Waals surface area (Å²) in [4.78, 5) is 24.1. The largest absolute Gasteiger partial charge is 0.382 e. The molecule has 0 unspecified atom stereocenters. The summed E-state index contributed by atoms with van der Waals surface area (Å²) >= 11 is 0. The standard InChI is InChI=1S/C16H20N4O4S/c17-16-10-11(16)4-3-7-14(21)19-9-8-18-12-5-1-2-6-13(12)25(23,24)20-15(16)22/h1-6,11,18H,7-10,17H2,(H,19,21)(H,20,22)/t11-,16-/m1/s1. The molecule has 9 heteroatoms. The van der Waals surface area contributed by atoms with E-state index in [1.54, 1.807) is 30.4 Å². The van der Waals surface area contributed by atoms with Crippen LogP contribution in [0.4, 0.5) is 5.69 Å². The second kappa shape index (κ2) is 6.49. The van der Waals surface area contributed by atoms with Gasteiger partial charge in [0.2, 0.25) is 5.91 Å². The molecule has 0 spiro atoms. The molecule has 5 N–H and O–H groups in total. The highest BCUT2D eigenvalue weighted by atomic mass is 32.2. The van der Waals surface area contributed by atoms with Gasteiger partial charge in [0.1, 0.15) is 10.4 Å². The molecule has 1 saturated carbocycles. The van der Waals surface area contributed by atoms with Crippen LogP contribution in [0.25, 0.3) is 0 Å². The van der Waals surface area contributed by atoms with Gasteiger partial charge in [-0.05, 0) is 18.6 Å². The van der Waals surface area contributed by atoms with E-state index < -0.39 is 21.5 Å². The number of anilines is 1. The predicted octanol–water partition coefficient (Wildman–Crippen LogP) is -0.303. The number of nitrogens with two attached hydrogens (primary N) is 1. The van der Waals surface area contributed by atoms with E-state index in [0.29, 0.717) is 25.2 Å². The molecule has 1 aromatic rings. The summed E-state index contributed by atoms with van der Waals surface area (Å²) in [6.45, 7) is 0.692. The summed E-state index contributed by atoms with van der Waals surface area (Å²) in [5, 5.41) is 5.69. The molecule has 2 aliphatic rings. The maximum atomic E-state index is 12.6. The average molecular weight is 364 g/mol. The van der Waals surface area contributed by atoms with Gasteiger partial charge in [-0.15, -0.1) is 0 Å². The van der Waals surface area contributed by atoms with Gasteiger partial charge in [0, 0.05) is 25.4 Å². The van der Waals surface area contributed by atoms with Gasteiger partial charge in [0.05, 0.1) is 5.69 Å². The maximum absolute atomic E-state index is 12.6. The van der Waals surface area contributed by atoms with Gasteiger partial charge in [0.25, 0.3) is 15.9 Å². The van der Waals surface area contributed by atoms with Crippen LogP contribution < -0.4 is 21.1 Å². The molecule has 0 aromatic heterocycles. The van der Waals surface area contributed by atoms with Gasteiger partial charge < -0.3 is 16.4 Å². The lowest BCUT2D eigenvalue weighted by Gasteiger charge is -2.15. The number of nitrogens with one attached hydrogen (secondary N) is 3. The number of hydrogen-bond acceptors (Lipinski definition) is 6.